The number of halogens is 3. The maximum absolute atomic E-state index is 13.7. The van der Waals surface area contributed by atoms with Crippen LogP contribution in [-0.4, -0.2) is 55.3 Å². The number of carbonyl (C=O) groups excluding carboxylic acids is 1. The fourth-order valence-electron chi connectivity index (χ4n) is 4.99. The Balaban J connectivity index is 1.51. The highest BCUT2D eigenvalue weighted by molar-refractivity contribution is 7.89. The molecule has 9 nitrogen and oxygen atoms in total. The number of ether oxygens (including phenoxy) is 2. The molecule has 0 unspecified atom stereocenters. The lowest BCUT2D eigenvalue weighted by atomic mass is 9.92. The number of carboxylic acid groups (broad SMARTS) is 1. The summed E-state index contributed by atoms with van der Waals surface area (Å²) in [7, 11) is -4.29. The second kappa shape index (κ2) is 14.1. The molecule has 0 spiro atoms. The van der Waals surface area contributed by atoms with Crippen molar-refractivity contribution in [1.29, 1.82) is 0 Å². The van der Waals surface area contributed by atoms with Crippen molar-refractivity contribution in [2.45, 2.75) is 56.5 Å². The van der Waals surface area contributed by atoms with Crippen molar-refractivity contribution in [3.8, 4) is 11.5 Å². The number of carbonyl (C=O) groups is 2. The molecule has 1 aliphatic heterocycles. The Morgan fingerprint density at radius 1 is 1.00 bits per heavy atom. The Labute approximate surface area is 253 Å². The van der Waals surface area contributed by atoms with Gasteiger partial charge in [-0.25, -0.2) is 13.2 Å². The minimum Gasteiger partial charge on any atom is -0.493 e. The lowest BCUT2D eigenvalue weighted by Gasteiger charge is -2.37. The first-order valence-corrected chi connectivity index (χ1v) is 15.5. The van der Waals surface area contributed by atoms with Crippen molar-refractivity contribution < 1.29 is 45.8 Å². The third kappa shape index (κ3) is 8.73. The van der Waals surface area contributed by atoms with Gasteiger partial charge in [-0.2, -0.15) is 4.31 Å². The van der Waals surface area contributed by atoms with Crippen molar-refractivity contribution in [1.82, 2.24) is 9.62 Å². The number of aryl methyl sites for hydroxylation is 1. The fourth-order valence-corrected chi connectivity index (χ4v) is 6.61. The van der Waals surface area contributed by atoms with Gasteiger partial charge in [-0.1, -0.05) is 43.7 Å². The van der Waals surface area contributed by atoms with Gasteiger partial charge in [-0.15, -0.1) is 13.2 Å². The first kappa shape index (κ1) is 32.8. The number of aromatic carboxylic acids is 1. The zero-order valence-corrected chi connectivity index (χ0v) is 24.7. The van der Waals surface area contributed by atoms with Crippen LogP contribution >= 0.6 is 0 Å². The predicted molar refractivity (Wildman–Crippen MR) is 155 cm³/mol. The zero-order chi connectivity index (χ0) is 31.9. The molecule has 0 saturated carbocycles. The molecule has 1 fully saturated rings. The van der Waals surface area contributed by atoms with Crippen LogP contribution in [0.5, 0.6) is 11.5 Å². The molecule has 2 atom stereocenters. The Hall–Kier alpha value is -4.10. The monoisotopic (exact) mass is 634 g/mol. The summed E-state index contributed by atoms with van der Waals surface area (Å²) < 4.78 is 75.8. The molecule has 44 heavy (non-hydrogen) atoms. The van der Waals surface area contributed by atoms with Gasteiger partial charge in [-0.05, 0) is 78.8 Å². The summed E-state index contributed by atoms with van der Waals surface area (Å²) in [5, 5.41) is 12.1. The lowest BCUT2D eigenvalue weighted by Crippen LogP contribution is -2.54. The maximum atomic E-state index is 13.7. The largest absolute Gasteiger partial charge is 0.573 e. The number of amides is 1. The number of piperidine rings is 1. The topological polar surface area (TPSA) is 122 Å². The molecule has 0 bridgehead atoms. The molecule has 1 saturated heterocycles. The molecule has 13 heteroatoms. The first-order chi connectivity index (χ1) is 20.9. The maximum Gasteiger partial charge on any atom is 0.573 e. The van der Waals surface area contributed by atoms with Crippen LogP contribution in [0.1, 0.15) is 47.7 Å². The molecule has 4 rings (SSSR count). The summed E-state index contributed by atoms with van der Waals surface area (Å²) in [5.41, 5.74) is 2.05. The van der Waals surface area contributed by atoms with Crippen molar-refractivity contribution in [3.05, 3.63) is 89.5 Å². The van der Waals surface area contributed by atoms with E-state index in [0.29, 0.717) is 12.2 Å². The van der Waals surface area contributed by atoms with Gasteiger partial charge in [0.15, 0.2) is 0 Å². The third-order valence-electron chi connectivity index (χ3n) is 7.22. The molecular weight excluding hydrogens is 601 g/mol. The van der Waals surface area contributed by atoms with E-state index in [-0.39, 0.29) is 42.5 Å². The first-order valence-electron chi connectivity index (χ1n) is 14.0. The summed E-state index contributed by atoms with van der Waals surface area (Å²) in [6.45, 7) is 2.32. The van der Waals surface area contributed by atoms with Crippen LogP contribution in [0.25, 0.3) is 0 Å². The standard InChI is InChI=1S/C31H33F3N2O7S/c1-2-4-21-7-9-22(10-8-21)19-35-29(37)28-17-23(20-42-26-6-3-5-24(18-26)30(38)39)15-16-36(28)44(40,41)27-13-11-25(12-14-27)43-31(32,33)34/h3,5-14,18,23,28H,2,4,15-17,19-20H2,1H3,(H,35,37)(H,38,39)/t23-,28-/m1/s1. The number of benzene rings is 3. The number of nitrogens with zero attached hydrogens (tertiary/aromatic N) is 1. The van der Waals surface area contributed by atoms with Gasteiger partial charge >= 0.3 is 12.3 Å². The molecule has 236 valence electrons. The van der Waals surface area contributed by atoms with Crippen LogP contribution in [0.15, 0.2) is 77.7 Å². The molecule has 0 aliphatic carbocycles. The highest BCUT2D eigenvalue weighted by atomic mass is 32.2. The quantitative estimate of drug-likeness (QED) is 0.274. The average Bonchev–Trinajstić information content (AvgIpc) is 2.99. The van der Waals surface area contributed by atoms with Crippen molar-refractivity contribution in [2.24, 2.45) is 5.92 Å². The van der Waals surface area contributed by atoms with Crippen LogP contribution in [0.4, 0.5) is 13.2 Å². The summed E-state index contributed by atoms with van der Waals surface area (Å²) in [4.78, 5) is 24.5. The van der Waals surface area contributed by atoms with Crippen molar-refractivity contribution >= 4 is 21.9 Å². The van der Waals surface area contributed by atoms with E-state index in [2.05, 4.69) is 17.0 Å². The summed E-state index contributed by atoms with van der Waals surface area (Å²) in [6.07, 6.45) is -2.58. The van der Waals surface area contributed by atoms with Crippen molar-refractivity contribution in [2.75, 3.05) is 13.2 Å². The van der Waals surface area contributed by atoms with E-state index in [1.54, 1.807) is 12.1 Å². The normalized spacial score (nSPS) is 17.5. The third-order valence-corrected chi connectivity index (χ3v) is 9.15. The molecule has 0 radical (unpaired) electrons. The molecule has 1 aliphatic rings. The lowest BCUT2D eigenvalue weighted by molar-refractivity contribution is -0.274. The number of alkyl halides is 3. The van der Waals surface area contributed by atoms with Gasteiger partial charge in [0.25, 0.3) is 0 Å². The number of carboxylic acids is 1. The fraction of sp³-hybridized carbons (Fsp3) is 0.355. The molecule has 3 aromatic carbocycles. The molecule has 1 amide bonds. The average molecular weight is 635 g/mol. The number of hydrogen-bond acceptors (Lipinski definition) is 6. The van der Waals surface area contributed by atoms with E-state index < -0.39 is 40.1 Å². The Morgan fingerprint density at radius 2 is 1.68 bits per heavy atom. The van der Waals surface area contributed by atoms with E-state index in [1.807, 2.05) is 24.3 Å². The minimum absolute atomic E-state index is 0.0455. The number of sulfonamides is 1. The summed E-state index contributed by atoms with van der Waals surface area (Å²) in [6, 6.07) is 16.4. The Morgan fingerprint density at radius 3 is 2.32 bits per heavy atom. The number of hydrogen-bond donors (Lipinski definition) is 2. The smallest absolute Gasteiger partial charge is 0.493 e. The predicted octanol–water partition coefficient (Wildman–Crippen LogP) is 5.40. The zero-order valence-electron chi connectivity index (χ0n) is 23.9. The summed E-state index contributed by atoms with van der Waals surface area (Å²) >= 11 is 0. The van der Waals surface area contributed by atoms with Crippen LogP contribution in [0.3, 0.4) is 0 Å². The van der Waals surface area contributed by atoms with E-state index >= 15 is 0 Å². The second-order valence-corrected chi connectivity index (χ2v) is 12.4. The van der Waals surface area contributed by atoms with E-state index in [0.717, 1.165) is 52.5 Å². The molecular formula is C31H33F3N2O7S. The van der Waals surface area contributed by atoms with Crippen LogP contribution in [-0.2, 0) is 27.8 Å². The van der Waals surface area contributed by atoms with E-state index in [4.69, 9.17) is 4.74 Å². The highest BCUT2D eigenvalue weighted by Gasteiger charge is 2.41. The van der Waals surface area contributed by atoms with E-state index in [1.165, 1.54) is 12.1 Å². The van der Waals surface area contributed by atoms with Gasteiger partial charge in [0, 0.05) is 13.1 Å². The van der Waals surface area contributed by atoms with Crippen molar-refractivity contribution in [3.63, 3.8) is 0 Å². The van der Waals surface area contributed by atoms with E-state index in [9.17, 15) is 36.3 Å². The SMILES string of the molecule is CCCc1ccc(CNC(=O)[C@H]2C[C@H](COc3cccc(C(=O)O)c3)CCN2S(=O)(=O)c2ccc(OC(F)(F)F)cc2)cc1. The number of nitrogens with one attached hydrogen (secondary N) is 1. The van der Waals surface area contributed by atoms with Gasteiger partial charge in [0.2, 0.25) is 15.9 Å². The van der Waals surface area contributed by atoms with Gasteiger partial charge < -0.3 is 19.9 Å². The second-order valence-electron chi connectivity index (χ2n) is 10.5. The number of rotatable bonds is 12. The molecule has 1 heterocycles. The van der Waals surface area contributed by atoms with Crippen LogP contribution < -0.4 is 14.8 Å². The Bertz CT molecular complexity index is 1550. The summed E-state index contributed by atoms with van der Waals surface area (Å²) in [5.74, 6) is -2.13. The highest BCUT2D eigenvalue weighted by Crippen LogP contribution is 2.31. The van der Waals surface area contributed by atoms with Crippen LogP contribution in [0, 0.1) is 5.92 Å². The Kier molecular flexibility index (Phi) is 10.5. The molecule has 3 aromatic rings. The van der Waals surface area contributed by atoms with Gasteiger partial charge in [0.1, 0.15) is 17.5 Å². The molecule has 2 N–H and O–H groups in total. The minimum atomic E-state index is -4.93. The van der Waals surface area contributed by atoms with Gasteiger partial charge in [-0.3, -0.25) is 4.79 Å². The van der Waals surface area contributed by atoms with Gasteiger partial charge in [0.05, 0.1) is 17.1 Å². The van der Waals surface area contributed by atoms with Crippen LogP contribution in [0.2, 0.25) is 0 Å². The molecule has 0 aromatic heterocycles.